The van der Waals surface area contributed by atoms with Gasteiger partial charge in [-0.15, -0.1) is 0 Å². The lowest BCUT2D eigenvalue weighted by Gasteiger charge is -2.17. The Morgan fingerprint density at radius 2 is 1.57 bits per heavy atom. The molecule has 0 aliphatic heterocycles. The molecule has 0 fully saturated rings. The minimum absolute atomic E-state index is 0.0807. The number of aliphatic hydroxyl groups excluding tert-OH is 2. The van der Waals surface area contributed by atoms with Crippen molar-refractivity contribution in [3.8, 4) is 0 Å². The predicted molar refractivity (Wildman–Crippen MR) is 84.9 cm³/mol. The van der Waals surface area contributed by atoms with E-state index >= 15 is 0 Å². The minimum Gasteiger partial charge on any atom is -0.392 e. The number of aliphatic hydroxyl groups is 2. The normalized spacial score (nSPS) is 13.9. The van der Waals surface area contributed by atoms with Gasteiger partial charge in [0.2, 0.25) is 0 Å². The molecule has 2 unspecified atom stereocenters. The van der Waals surface area contributed by atoms with Crippen LogP contribution in [-0.2, 0) is 13.0 Å². The van der Waals surface area contributed by atoms with Crippen molar-refractivity contribution in [2.75, 3.05) is 6.54 Å². The van der Waals surface area contributed by atoms with E-state index in [4.69, 9.17) is 5.11 Å². The van der Waals surface area contributed by atoms with Gasteiger partial charge in [-0.1, -0.05) is 54.6 Å². The zero-order valence-electron chi connectivity index (χ0n) is 12.4. The van der Waals surface area contributed by atoms with Gasteiger partial charge in [0.15, 0.2) is 0 Å². The molecular formula is C18H23NO2. The lowest BCUT2D eigenvalue weighted by atomic mass is 10.0. The summed E-state index contributed by atoms with van der Waals surface area (Å²) in [4.78, 5) is 0. The minimum atomic E-state index is -0.481. The molecule has 3 heteroatoms. The van der Waals surface area contributed by atoms with Gasteiger partial charge in [-0.25, -0.2) is 0 Å². The molecule has 3 nitrogen and oxygen atoms in total. The van der Waals surface area contributed by atoms with Crippen molar-refractivity contribution in [2.45, 2.75) is 32.1 Å². The maximum Gasteiger partial charge on any atom is 0.0914 e. The summed E-state index contributed by atoms with van der Waals surface area (Å²) in [6, 6.07) is 17.9. The third-order valence-corrected chi connectivity index (χ3v) is 3.59. The van der Waals surface area contributed by atoms with Crippen LogP contribution in [0.5, 0.6) is 0 Å². The second kappa shape index (κ2) is 7.93. The maximum atomic E-state index is 10.1. The average molecular weight is 285 g/mol. The van der Waals surface area contributed by atoms with Crippen molar-refractivity contribution in [3.63, 3.8) is 0 Å². The molecule has 2 rings (SSSR count). The SMILES string of the molecule is CC(Cc1ccc(CO)cc1)NCC(O)c1ccccc1. The smallest absolute Gasteiger partial charge is 0.0914 e. The fourth-order valence-corrected chi connectivity index (χ4v) is 2.31. The van der Waals surface area contributed by atoms with E-state index in [0.29, 0.717) is 6.54 Å². The van der Waals surface area contributed by atoms with Crippen LogP contribution >= 0.6 is 0 Å². The van der Waals surface area contributed by atoms with E-state index in [0.717, 1.165) is 17.5 Å². The van der Waals surface area contributed by atoms with Crippen LogP contribution in [0.15, 0.2) is 54.6 Å². The van der Waals surface area contributed by atoms with Crippen LogP contribution < -0.4 is 5.32 Å². The number of nitrogens with one attached hydrogen (secondary N) is 1. The first-order chi connectivity index (χ1) is 10.2. The molecule has 0 amide bonds. The van der Waals surface area contributed by atoms with E-state index in [2.05, 4.69) is 12.2 Å². The Labute approximate surface area is 126 Å². The first kappa shape index (κ1) is 15.7. The van der Waals surface area contributed by atoms with Crippen LogP contribution in [0.25, 0.3) is 0 Å². The van der Waals surface area contributed by atoms with Gasteiger partial charge >= 0.3 is 0 Å². The second-order valence-electron chi connectivity index (χ2n) is 5.41. The van der Waals surface area contributed by atoms with Crippen LogP contribution in [0.3, 0.4) is 0 Å². The van der Waals surface area contributed by atoms with Crippen LogP contribution in [0.4, 0.5) is 0 Å². The molecule has 3 N–H and O–H groups in total. The summed E-state index contributed by atoms with van der Waals surface area (Å²) in [5, 5.41) is 22.5. The topological polar surface area (TPSA) is 52.5 Å². The molecule has 0 saturated heterocycles. The standard InChI is InChI=1S/C18H23NO2/c1-14(11-15-7-9-16(13-20)10-8-15)19-12-18(21)17-5-3-2-4-6-17/h2-10,14,18-21H,11-13H2,1H3. The molecule has 2 atom stereocenters. The number of hydrogen-bond acceptors (Lipinski definition) is 3. The lowest BCUT2D eigenvalue weighted by molar-refractivity contribution is 0.170. The molecule has 0 aliphatic rings. The third kappa shape index (κ3) is 4.97. The Morgan fingerprint density at radius 3 is 2.19 bits per heavy atom. The Morgan fingerprint density at radius 1 is 0.952 bits per heavy atom. The molecule has 0 radical (unpaired) electrons. The van der Waals surface area contributed by atoms with Crippen LogP contribution in [0.2, 0.25) is 0 Å². The largest absolute Gasteiger partial charge is 0.392 e. The zero-order chi connectivity index (χ0) is 15.1. The van der Waals surface area contributed by atoms with Gasteiger partial charge in [-0.2, -0.15) is 0 Å². The van der Waals surface area contributed by atoms with Crippen LogP contribution in [0, 0.1) is 0 Å². The van der Waals surface area contributed by atoms with E-state index in [-0.39, 0.29) is 12.6 Å². The second-order valence-corrected chi connectivity index (χ2v) is 5.41. The summed E-state index contributed by atoms with van der Waals surface area (Å²) in [5.74, 6) is 0. The molecule has 0 heterocycles. The van der Waals surface area contributed by atoms with Crippen molar-refractivity contribution < 1.29 is 10.2 Å². The number of benzene rings is 2. The monoisotopic (exact) mass is 285 g/mol. The molecule has 0 aromatic heterocycles. The zero-order valence-corrected chi connectivity index (χ0v) is 12.4. The van der Waals surface area contributed by atoms with Gasteiger partial charge < -0.3 is 15.5 Å². The summed E-state index contributed by atoms with van der Waals surface area (Å²) < 4.78 is 0. The highest BCUT2D eigenvalue weighted by molar-refractivity contribution is 5.22. The van der Waals surface area contributed by atoms with Gasteiger partial charge in [0.25, 0.3) is 0 Å². The summed E-state index contributed by atoms with van der Waals surface area (Å²) in [7, 11) is 0. The van der Waals surface area contributed by atoms with Gasteiger partial charge in [0, 0.05) is 12.6 Å². The van der Waals surface area contributed by atoms with Crippen molar-refractivity contribution in [1.82, 2.24) is 5.32 Å². The molecule has 0 bridgehead atoms. The van der Waals surface area contributed by atoms with Crippen molar-refractivity contribution >= 4 is 0 Å². The number of hydrogen-bond donors (Lipinski definition) is 3. The molecule has 0 spiro atoms. The van der Waals surface area contributed by atoms with E-state index in [1.54, 1.807) is 0 Å². The Balaban J connectivity index is 1.80. The van der Waals surface area contributed by atoms with Crippen LogP contribution in [-0.4, -0.2) is 22.8 Å². The summed E-state index contributed by atoms with van der Waals surface area (Å²) >= 11 is 0. The highest BCUT2D eigenvalue weighted by Gasteiger charge is 2.09. The lowest BCUT2D eigenvalue weighted by Crippen LogP contribution is -2.32. The molecule has 112 valence electrons. The van der Waals surface area contributed by atoms with Crippen LogP contribution in [0.1, 0.15) is 29.7 Å². The van der Waals surface area contributed by atoms with E-state index in [1.165, 1.54) is 5.56 Å². The van der Waals surface area contributed by atoms with Gasteiger partial charge in [-0.05, 0) is 30.0 Å². The Kier molecular flexibility index (Phi) is 5.93. The molecule has 2 aromatic rings. The molecule has 0 saturated carbocycles. The summed E-state index contributed by atoms with van der Waals surface area (Å²) in [6.45, 7) is 2.73. The van der Waals surface area contributed by atoms with E-state index in [1.807, 2.05) is 54.6 Å². The molecule has 2 aromatic carbocycles. The summed E-state index contributed by atoms with van der Waals surface area (Å²) in [5.41, 5.74) is 3.09. The van der Waals surface area contributed by atoms with Gasteiger partial charge in [0.05, 0.1) is 12.7 Å². The summed E-state index contributed by atoms with van der Waals surface area (Å²) in [6.07, 6.45) is 0.415. The average Bonchev–Trinajstić information content (AvgIpc) is 2.54. The van der Waals surface area contributed by atoms with Crippen molar-refractivity contribution in [2.24, 2.45) is 0 Å². The highest BCUT2D eigenvalue weighted by atomic mass is 16.3. The van der Waals surface area contributed by atoms with Gasteiger partial charge in [-0.3, -0.25) is 0 Å². The molecular weight excluding hydrogens is 262 g/mol. The number of rotatable bonds is 7. The predicted octanol–water partition coefficient (Wildman–Crippen LogP) is 2.43. The van der Waals surface area contributed by atoms with Crippen molar-refractivity contribution in [1.29, 1.82) is 0 Å². The maximum absolute atomic E-state index is 10.1. The highest BCUT2D eigenvalue weighted by Crippen LogP contribution is 2.12. The quantitative estimate of drug-likeness (QED) is 0.732. The fraction of sp³-hybridized carbons (Fsp3) is 0.333. The third-order valence-electron chi connectivity index (χ3n) is 3.59. The Bertz CT molecular complexity index is 525. The van der Waals surface area contributed by atoms with E-state index in [9.17, 15) is 5.11 Å². The molecule has 21 heavy (non-hydrogen) atoms. The van der Waals surface area contributed by atoms with E-state index < -0.39 is 6.10 Å². The van der Waals surface area contributed by atoms with Crippen molar-refractivity contribution in [3.05, 3.63) is 71.3 Å². The molecule has 0 aliphatic carbocycles. The first-order valence-corrected chi connectivity index (χ1v) is 7.34. The first-order valence-electron chi connectivity index (χ1n) is 7.34. The van der Waals surface area contributed by atoms with Gasteiger partial charge in [0.1, 0.15) is 0 Å². The fourth-order valence-electron chi connectivity index (χ4n) is 2.31. The Hall–Kier alpha value is -1.68.